The van der Waals surface area contributed by atoms with Crippen molar-refractivity contribution in [2.24, 2.45) is 0 Å². The Labute approximate surface area is 123 Å². The summed E-state index contributed by atoms with van der Waals surface area (Å²) in [5.41, 5.74) is 2.63. The molecule has 0 radical (unpaired) electrons. The van der Waals surface area contributed by atoms with E-state index < -0.39 is 0 Å². The van der Waals surface area contributed by atoms with Gasteiger partial charge in [0.05, 0.1) is 0 Å². The summed E-state index contributed by atoms with van der Waals surface area (Å²) >= 11 is 3.46. The smallest absolute Gasteiger partial charge is 0.0295 e. The van der Waals surface area contributed by atoms with E-state index in [2.05, 4.69) is 76.5 Å². The summed E-state index contributed by atoms with van der Waals surface area (Å²) < 4.78 is 1.13. The van der Waals surface area contributed by atoms with E-state index in [1.807, 2.05) is 12.4 Å². The van der Waals surface area contributed by atoms with Crippen LogP contribution in [0.2, 0.25) is 0 Å². The van der Waals surface area contributed by atoms with Crippen molar-refractivity contribution in [2.75, 3.05) is 0 Å². The van der Waals surface area contributed by atoms with Gasteiger partial charge in [0.1, 0.15) is 0 Å². The average Bonchev–Trinajstić information content (AvgIpc) is 2.42. The molecule has 2 atom stereocenters. The molecule has 0 amide bonds. The number of benzene rings is 1. The normalized spacial score (nSPS) is 14.1. The van der Waals surface area contributed by atoms with Crippen LogP contribution in [0, 0.1) is 0 Å². The second-order valence-electron chi connectivity index (χ2n) is 4.90. The summed E-state index contributed by atoms with van der Waals surface area (Å²) in [6.45, 7) is 4.41. The zero-order valence-electron chi connectivity index (χ0n) is 11.3. The number of hydrogen-bond donors (Lipinski definition) is 1. The van der Waals surface area contributed by atoms with Crippen molar-refractivity contribution < 1.29 is 0 Å². The van der Waals surface area contributed by atoms with E-state index in [4.69, 9.17) is 0 Å². The molecule has 0 aliphatic rings. The Hall–Kier alpha value is -1.19. The first-order chi connectivity index (χ1) is 9.15. The van der Waals surface area contributed by atoms with Gasteiger partial charge in [0.2, 0.25) is 0 Å². The van der Waals surface area contributed by atoms with Crippen LogP contribution in [-0.4, -0.2) is 11.0 Å². The molecule has 2 nitrogen and oxygen atoms in total. The Morgan fingerprint density at radius 3 is 2.32 bits per heavy atom. The van der Waals surface area contributed by atoms with E-state index >= 15 is 0 Å². The molecule has 2 aromatic rings. The number of aromatic nitrogens is 1. The van der Waals surface area contributed by atoms with Crippen LogP contribution in [0.25, 0.3) is 0 Å². The standard InChI is InChI=1S/C16H19BrN2/c1-12(11-14-3-5-16(17)6-4-14)19-13(2)15-7-9-18-10-8-15/h3-10,12-13,19H,11H2,1-2H3/t12?,13-/m1/s1. The molecule has 0 saturated heterocycles. The summed E-state index contributed by atoms with van der Waals surface area (Å²) in [5.74, 6) is 0. The monoisotopic (exact) mass is 318 g/mol. The van der Waals surface area contributed by atoms with Crippen molar-refractivity contribution in [3.05, 3.63) is 64.4 Å². The van der Waals surface area contributed by atoms with Gasteiger partial charge in [-0.3, -0.25) is 4.98 Å². The highest BCUT2D eigenvalue weighted by molar-refractivity contribution is 9.10. The molecule has 0 fully saturated rings. The molecule has 0 saturated carbocycles. The molecule has 1 N–H and O–H groups in total. The number of hydrogen-bond acceptors (Lipinski definition) is 2. The van der Waals surface area contributed by atoms with Gasteiger partial charge in [0, 0.05) is 29.0 Å². The molecule has 3 heteroatoms. The molecule has 2 rings (SSSR count). The van der Waals surface area contributed by atoms with Crippen molar-refractivity contribution in [2.45, 2.75) is 32.4 Å². The lowest BCUT2D eigenvalue weighted by Gasteiger charge is -2.20. The maximum Gasteiger partial charge on any atom is 0.0295 e. The van der Waals surface area contributed by atoms with Gasteiger partial charge in [-0.05, 0) is 55.7 Å². The van der Waals surface area contributed by atoms with Crippen molar-refractivity contribution in [3.63, 3.8) is 0 Å². The molecule has 0 bridgehead atoms. The second-order valence-corrected chi connectivity index (χ2v) is 5.82. The second kappa shape index (κ2) is 6.83. The molecule has 0 aliphatic heterocycles. The minimum Gasteiger partial charge on any atom is -0.307 e. The van der Waals surface area contributed by atoms with Crippen LogP contribution in [-0.2, 0) is 6.42 Å². The summed E-state index contributed by atoms with van der Waals surface area (Å²) in [5, 5.41) is 3.62. The lowest BCUT2D eigenvalue weighted by molar-refractivity contribution is 0.477. The maximum absolute atomic E-state index is 4.05. The highest BCUT2D eigenvalue weighted by Gasteiger charge is 2.09. The van der Waals surface area contributed by atoms with Crippen LogP contribution in [0.15, 0.2) is 53.3 Å². The van der Waals surface area contributed by atoms with Gasteiger partial charge >= 0.3 is 0 Å². The third-order valence-electron chi connectivity index (χ3n) is 3.20. The SMILES string of the molecule is CC(Cc1ccc(Br)cc1)N[C@H](C)c1ccncc1. The van der Waals surface area contributed by atoms with Gasteiger partial charge in [-0.25, -0.2) is 0 Å². The quantitative estimate of drug-likeness (QED) is 0.896. The number of nitrogens with zero attached hydrogens (tertiary/aromatic N) is 1. The van der Waals surface area contributed by atoms with Crippen LogP contribution in [0.5, 0.6) is 0 Å². The first-order valence-corrected chi connectivity index (χ1v) is 7.35. The van der Waals surface area contributed by atoms with E-state index in [1.54, 1.807) is 0 Å². The predicted molar refractivity (Wildman–Crippen MR) is 83.1 cm³/mol. The maximum atomic E-state index is 4.05. The predicted octanol–water partition coefficient (Wildman–Crippen LogP) is 4.13. The molecular weight excluding hydrogens is 300 g/mol. The van der Waals surface area contributed by atoms with Crippen molar-refractivity contribution in [1.82, 2.24) is 10.3 Å². The minimum atomic E-state index is 0.341. The van der Waals surface area contributed by atoms with Crippen molar-refractivity contribution in [1.29, 1.82) is 0 Å². The molecule has 100 valence electrons. The van der Waals surface area contributed by atoms with Gasteiger partial charge in [-0.1, -0.05) is 28.1 Å². The Bertz CT molecular complexity index is 496. The number of pyridine rings is 1. The largest absolute Gasteiger partial charge is 0.307 e. The summed E-state index contributed by atoms with van der Waals surface area (Å²) in [7, 11) is 0. The van der Waals surface area contributed by atoms with Crippen LogP contribution in [0.1, 0.15) is 31.0 Å². The molecule has 1 unspecified atom stereocenters. The van der Waals surface area contributed by atoms with E-state index in [9.17, 15) is 0 Å². The average molecular weight is 319 g/mol. The van der Waals surface area contributed by atoms with E-state index in [-0.39, 0.29) is 0 Å². The third kappa shape index (κ3) is 4.44. The number of halogens is 1. The van der Waals surface area contributed by atoms with Crippen LogP contribution in [0.4, 0.5) is 0 Å². The molecule has 1 heterocycles. The lowest BCUT2D eigenvalue weighted by Crippen LogP contribution is -2.30. The Balaban J connectivity index is 1.90. The van der Waals surface area contributed by atoms with Crippen molar-refractivity contribution in [3.8, 4) is 0 Å². The highest BCUT2D eigenvalue weighted by atomic mass is 79.9. The number of nitrogens with one attached hydrogen (secondary N) is 1. The fraction of sp³-hybridized carbons (Fsp3) is 0.312. The van der Waals surface area contributed by atoms with Crippen LogP contribution >= 0.6 is 15.9 Å². The van der Waals surface area contributed by atoms with Crippen LogP contribution in [0.3, 0.4) is 0 Å². The Kier molecular flexibility index (Phi) is 5.11. The lowest BCUT2D eigenvalue weighted by atomic mass is 10.0. The van der Waals surface area contributed by atoms with E-state index in [0.29, 0.717) is 12.1 Å². The van der Waals surface area contributed by atoms with Gasteiger partial charge < -0.3 is 5.32 Å². The minimum absolute atomic E-state index is 0.341. The molecule has 1 aromatic carbocycles. The van der Waals surface area contributed by atoms with Crippen molar-refractivity contribution >= 4 is 15.9 Å². The first-order valence-electron chi connectivity index (χ1n) is 6.55. The van der Waals surface area contributed by atoms with Crippen LogP contribution < -0.4 is 5.32 Å². The summed E-state index contributed by atoms with van der Waals surface area (Å²) in [6.07, 6.45) is 4.71. The van der Waals surface area contributed by atoms with Gasteiger partial charge in [0.25, 0.3) is 0 Å². The Morgan fingerprint density at radius 2 is 1.68 bits per heavy atom. The number of rotatable bonds is 5. The fourth-order valence-electron chi connectivity index (χ4n) is 2.21. The Morgan fingerprint density at radius 1 is 1.05 bits per heavy atom. The zero-order valence-corrected chi connectivity index (χ0v) is 12.9. The van der Waals surface area contributed by atoms with Gasteiger partial charge in [-0.15, -0.1) is 0 Å². The summed E-state index contributed by atoms with van der Waals surface area (Å²) in [6, 6.07) is 13.4. The van der Waals surface area contributed by atoms with Gasteiger partial charge in [-0.2, -0.15) is 0 Å². The first kappa shape index (κ1) is 14.2. The molecular formula is C16H19BrN2. The van der Waals surface area contributed by atoms with E-state index in [0.717, 1.165) is 10.9 Å². The molecule has 0 aliphatic carbocycles. The molecule has 19 heavy (non-hydrogen) atoms. The van der Waals surface area contributed by atoms with Gasteiger partial charge in [0.15, 0.2) is 0 Å². The molecule has 1 aromatic heterocycles. The summed E-state index contributed by atoms with van der Waals surface area (Å²) in [4.78, 5) is 4.05. The zero-order chi connectivity index (χ0) is 13.7. The van der Waals surface area contributed by atoms with E-state index in [1.165, 1.54) is 11.1 Å². The third-order valence-corrected chi connectivity index (χ3v) is 3.72. The molecule has 0 spiro atoms. The highest BCUT2D eigenvalue weighted by Crippen LogP contribution is 2.15. The fourth-order valence-corrected chi connectivity index (χ4v) is 2.47. The topological polar surface area (TPSA) is 24.9 Å².